The average Bonchev–Trinajstić information content (AvgIpc) is 2.77. The van der Waals surface area contributed by atoms with Crippen LogP contribution in [0, 0.1) is 6.92 Å². The quantitative estimate of drug-likeness (QED) is 0.734. The van der Waals surface area contributed by atoms with Crippen LogP contribution in [0.2, 0.25) is 0 Å². The van der Waals surface area contributed by atoms with Gasteiger partial charge in [-0.2, -0.15) is 0 Å². The first kappa shape index (κ1) is 13.2. The molecule has 4 heteroatoms. The fourth-order valence-electron chi connectivity index (χ4n) is 2.32. The number of benzene rings is 2. The average molecular weight is 332 g/mol. The monoisotopic (exact) mass is 331 g/mol. The molecule has 3 rings (SSSR count). The first-order valence-corrected chi connectivity index (χ1v) is 7.36. The van der Waals surface area contributed by atoms with Gasteiger partial charge in [-0.25, -0.2) is 4.79 Å². The number of hydrogen-bond acceptors (Lipinski definition) is 2. The minimum absolute atomic E-state index is 0.189. The largest absolute Gasteiger partial charge is 0.417 e. The molecule has 0 bridgehead atoms. The van der Waals surface area contributed by atoms with Crippen molar-refractivity contribution in [1.29, 1.82) is 0 Å². The molecule has 0 fully saturated rings. The van der Waals surface area contributed by atoms with E-state index in [4.69, 9.17) is 4.42 Å². The maximum Gasteiger partial charge on any atom is 0.417 e. The number of halogens is 1. The van der Waals surface area contributed by atoms with Crippen molar-refractivity contribution in [2.24, 2.45) is 0 Å². The lowest BCUT2D eigenvalue weighted by molar-refractivity contribution is 0.555. The lowest BCUT2D eigenvalue weighted by Gasteiger charge is -2.10. The van der Waals surface area contributed by atoms with Crippen LogP contribution in [0.3, 0.4) is 0 Å². The normalized spacial score (nSPS) is 12.7. The number of oxazole rings is 1. The van der Waals surface area contributed by atoms with Crippen molar-refractivity contribution in [3.8, 4) is 0 Å². The van der Waals surface area contributed by atoms with Gasteiger partial charge in [0.1, 0.15) is 0 Å². The lowest BCUT2D eigenvalue weighted by Crippen LogP contribution is -1.95. The van der Waals surface area contributed by atoms with Crippen LogP contribution in [0.15, 0.2) is 51.7 Å². The standard InChI is InChI=1S/C16H14BrNO2/c1-10-3-2-4-11(7-10)8-13(17)12-5-6-14-15(9-12)20-16(19)18-14/h2-7,9,13H,8H2,1H3,(H,18,19). The van der Waals surface area contributed by atoms with Crippen molar-refractivity contribution in [3.63, 3.8) is 0 Å². The molecule has 0 saturated heterocycles. The zero-order chi connectivity index (χ0) is 14.1. The van der Waals surface area contributed by atoms with Crippen molar-refractivity contribution in [3.05, 3.63) is 69.7 Å². The number of fused-ring (bicyclic) bond motifs is 1. The zero-order valence-electron chi connectivity index (χ0n) is 11.0. The molecule has 0 amide bonds. The Balaban J connectivity index is 1.88. The van der Waals surface area contributed by atoms with Crippen molar-refractivity contribution in [1.82, 2.24) is 4.98 Å². The Kier molecular flexibility index (Phi) is 3.49. The molecule has 3 aromatic rings. The van der Waals surface area contributed by atoms with E-state index in [1.165, 1.54) is 11.1 Å². The second-order valence-electron chi connectivity index (χ2n) is 4.93. The smallest absolute Gasteiger partial charge is 0.408 e. The molecule has 0 aliphatic carbocycles. The molecule has 0 spiro atoms. The summed E-state index contributed by atoms with van der Waals surface area (Å²) in [4.78, 5) is 14.0. The van der Waals surface area contributed by atoms with Crippen molar-refractivity contribution >= 4 is 27.0 Å². The highest BCUT2D eigenvalue weighted by Crippen LogP contribution is 2.29. The Labute approximate surface area is 124 Å². The van der Waals surface area contributed by atoms with E-state index in [1.54, 1.807) is 0 Å². The molecule has 1 atom stereocenters. The van der Waals surface area contributed by atoms with Gasteiger partial charge < -0.3 is 4.42 Å². The van der Waals surface area contributed by atoms with Crippen LogP contribution in [-0.2, 0) is 6.42 Å². The summed E-state index contributed by atoms with van der Waals surface area (Å²) in [7, 11) is 0. The van der Waals surface area contributed by atoms with Gasteiger partial charge in [-0.05, 0) is 36.6 Å². The number of rotatable bonds is 3. The molecule has 3 nitrogen and oxygen atoms in total. The van der Waals surface area contributed by atoms with Gasteiger partial charge >= 0.3 is 5.76 Å². The molecule has 1 unspecified atom stereocenters. The Morgan fingerprint density at radius 3 is 2.90 bits per heavy atom. The van der Waals surface area contributed by atoms with Crippen LogP contribution >= 0.6 is 15.9 Å². The summed E-state index contributed by atoms with van der Waals surface area (Å²) in [6.45, 7) is 2.09. The Morgan fingerprint density at radius 1 is 1.25 bits per heavy atom. The van der Waals surface area contributed by atoms with E-state index in [0.717, 1.165) is 17.5 Å². The second kappa shape index (κ2) is 5.29. The van der Waals surface area contributed by atoms with Crippen LogP contribution < -0.4 is 5.76 Å². The molecule has 1 aromatic heterocycles. The highest BCUT2D eigenvalue weighted by Gasteiger charge is 2.11. The highest BCUT2D eigenvalue weighted by atomic mass is 79.9. The molecule has 0 aliphatic heterocycles. The summed E-state index contributed by atoms with van der Waals surface area (Å²) >= 11 is 3.71. The lowest BCUT2D eigenvalue weighted by atomic mass is 10.0. The number of hydrogen-bond donors (Lipinski definition) is 1. The van der Waals surface area contributed by atoms with Crippen molar-refractivity contribution in [2.45, 2.75) is 18.2 Å². The van der Waals surface area contributed by atoms with Crippen LogP contribution in [-0.4, -0.2) is 4.98 Å². The summed E-state index contributed by atoms with van der Waals surface area (Å²) in [5.41, 5.74) is 4.97. The van der Waals surface area contributed by atoms with Crippen LogP contribution in [0.25, 0.3) is 11.1 Å². The molecule has 102 valence electrons. The number of H-pyrrole nitrogens is 1. The van der Waals surface area contributed by atoms with Gasteiger partial charge in [0.05, 0.1) is 5.52 Å². The molecule has 1 N–H and O–H groups in total. The Morgan fingerprint density at radius 2 is 2.10 bits per heavy atom. The van der Waals surface area contributed by atoms with Gasteiger partial charge in [0.2, 0.25) is 0 Å². The molecule has 2 aromatic carbocycles. The number of aromatic amines is 1. The fourth-order valence-corrected chi connectivity index (χ4v) is 2.98. The summed E-state index contributed by atoms with van der Waals surface area (Å²) in [6.07, 6.45) is 0.891. The zero-order valence-corrected chi connectivity index (χ0v) is 12.6. The number of nitrogens with one attached hydrogen (secondary N) is 1. The minimum atomic E-state index is -0.415. The van der Waals surface area contributed by atoms with Gasteiger partial charge in [-0.3, -0.25) is 4.98 Å². The molecular formula is C16H14BrNO2. The van der Waals surface area contributed by atoms with Gasteiger partial charge in [0.25, 0.3) is 0 Å². The van der Waals surface area contributed by atoms with Crippen LogP contribution in [0.5, 0.6) is 0 Å². The van der Waals surface area contributed by atoms with E-state index in [0.29, 0.717) is 5.58 Å². The van der Waals surface area contributed by atoms with E-state index >= 15 is 0 Å². The first-order valence-electron chi connectivity index (χ1n) is 6.44. The van der Waals surface area contributed by atoms with Gasteiger partial charge in [0, 0.05) is 4.83 Å². The maximum atomic E-state index is 11.2. The molecular weight excluding hydrogens is 318 g/mol. The molecule has 0 aliphatic rings. The van der Waals surface area contributed by atoms with E-state index in [1.807, 2.05) is 18.2 Å². The van der Waals surface area contributed by atoms with Gasteiger partial charge in [0.15, 0.2) is 5.58 Å². The van der Waals surface area contributed by atoms with Crippen molar-refractivity contribution in [2.75, 3.05) is 0 Å². The third-order valence-corrected chi connectivity index (χ3v) is 4.16. The van der Waals surface area contributed by atoms with Crippen LogP contribution in [0.4, 0.5) is 0 Å². The van der Waals surface area contributed by atoms with E-state index in [9.17, 15) is 4.79 Å². The fraction of sp³-hybridized carbons (Fsp3) is 0.188. The summed E-state index contributed by atoms with van der Waals surface area (Å²) < 4.78 is 5.10. The Bertz CT molecular complexity index is 803. The van der Waals surface area contributed by atoms with Crippen LogP contribution in [0.1, 0.15) is 21.5 Å². The number of aryl methyl sites for hydroxylation is 1. The minimum Gasteiger partial charge on any atom is -0.408 e. The number of aromatic nitrogens is 1. The molecule has 0 radical (unpaired) electrons. The van der Waals surface area contributed by atoms with Gasteiger partial charge in [-0.15, -0.1) is 0 Å². The number of alkyl halides is 1. The first-order chi connectivity index (χ1) is 9.61. The summed E-state index contributed by atoms with van der Waals surface area (Å²) in [5, 5.41) is 0. The summed E-state index contributed by atoms with van der Waals surface area (Å²) in [6, 6.07) is 14.2. The predicted molar refractivity (Wildman–Crippen MR) is 83.4 cm³/mol. The topological polar surface area (TPSA) is 46.0 Å². The summed E-state index contributed by atoms with van der Waals surface area (Å²) in [5.74, 6) is -0.415. The van der Waals surface area contributed by atoms with Crippen molar-refractivity contribution < 1.29 is 4.42 Å². The molecule has 1 heterocycles. The third-order valence-electron chi connectivity index (χ3n) is 3.30. The SMILES string of the molecule is Cc1cccc(CC(Br)c2ccc3[nH]c(=O)oc3c2)c1. The molecule has 20 heavy (non-hydrogen) atoms. The second-order valence-corrected chi connectivity index (χ2v) is 6.04. The van der Waals surface area contributed by atoms with Gasteiger partial charge in [-0.1, -0.05) is 51.8 Å². The van der Waals surface area contributed by atoms with E-state index < -0.39 is 5.76 Å². The Hall–Kier alpha value is -1.81. The van der Waals surface area contributed by atoms with E-state index in [-0.39, 0.29) is 4.83 Å². The molecule has 0 saturated carbocycles. The highest BCUT2D eigenvalue weighted by molar-refractivity contribution is 9.09. The third kappa shape index (κ3) is 2.70. The van der Waals surface area contributed by atoms with E-state index in [2.05, 4.69) is 52.1 Å². The predicted octanol–water partition coefficient (Wildman–Crippen LogP) is 4.11. The maximum absolute atomic E-state index is 11.2.